The van der Waals surface area contributed by atoms with Crippen molar-refractivity contribution in [2.75, 3.05) is 14.1 Å². The fourth-order valence-electron chi connectivity index (χ4n) is 2.78. The molecular weight excluding hydrogens is 355 g/mol. The number of amides is 1. The van der Waals surface area contributed by atoms with E-state index < -0.39 is 21.4 Å². The predicted octanol–water partition coefficient (Wildman–Crippen LogP) is 2.84. The summed E-state index contributed by atoms with van der Waals surface area (Å²) in [4.78, 5) is 13.6. The summed E-state index contributed by atoms with van der Waals surface area (Å²) in [5, 5.41) is 0.524. The van der Waals surface area contributed by atoms with Crippen LogP contribution in [0, 0.1) is 5.82 Å². The van der Waals surface area contributed by atoms with Crippen molar-refractivity contribution in [2.24, 2.45) is 0 Å². The molecule has 0 radical (unpaired) electrons. The van der Waals surface area contributed by atoms with Crippen molar-refractivity contribution in [3.8, 4) is 0 Å². The summed E-state index contributed by atoms with van der Waals surface area (Å²) < 4.78 is 41.4. The fourth-order valence-corrected chi connectivity index (χ4v) is 4.37. The molecule has 26 heavy (non-hydrogen) atoms. The maximum atomic E-state index is 13.9. The number of hydrogen-bond donors (Lipinski definition) is 0. The number of benzene rings is 2. The van der Waals surface area contributed by atoms with E-state index in [1.807, 2.05) is 0 Å². The number of aromatic nitrogens is 1. The largest absolute Gasteiger partial charge is 0.347 e. The molecule has 5 nitrogen and oxygen atoms in total. The molecule has 0 saturated carbocycles. The van der Waals surface area contributed by atoms with Crippen LogP contribution >= 0.6 is 0 Å². The number of halogens is 1. The second-order valence-electron chi connectivity index (χ2n) is 6.28. The lowest BCUT2D eigenvalue weighted by molar-refractivity contribution is -0.129. The van der Waals surface area contributed by atoms with Crippen LogP contribution in [0.2, 0.25) is 0 Å². The van der Waals surface area contributed by atoms with Gasteiger partial charge in [0.1, 0.15) is 12.4 Å². The second kappa shape index (κ2) is 6.92. The first-order valence-corrected chi connectivity index (χ1v) is 9.69. The Hall–Kier alpha value is -2.67. The highest BCUT2D eigenvalue weighted by atomic mass is 32.2. The molecule has 0 fully saturated rings. The van der Waals surface area contributed by atoms with Gasteiger partial charge in [-0.3, -0.25) is 4.79 Å². The van der Waals surface area contributed by atoms with E-state index in [0.29, 0.717) is 10.9 Å². The molecule has 1 aromatic heterocycles. The predicted molar refractivity (Wildman–Crippen MR) is 97.9 cm³/mol. The van der Waals surface area contributed by atoms with Gasteiger partial charge >= 0.3 is 0 Å². The monoisotopic (exact) mass is 374 g/mol. The Labute approximate surface area is 151 Å². The van der Waals surface area contributed by atoms with Crippen molar-refractivity contribution < 1.29 is 17.6 Å². The van der Waals surface area contributed by atoms with E-state index >= 15 is 0 Å². The van der Waals surface area contributed by atoms with Crippen LogP contribution in [0.3, 0.4) is 0 Å². The van der Waals surface area contributed by atoms with Gasteiger partial charge in [-0.15, -0.1) is 0 Å². The number of sulfone groups is 1. The molecule has 3 aromatic rings. The van der Waals surface area contributed by atoms with Crippen molar-refractivity contribution in [1.29, 1.82) is 0 Å². The van der Waals surface area contributed by atoms with Gasteiger partial charge in [-0.2, -0.15) is 0 Å². The molecule has 0 unspecified atom stereocenters. The van der Waals surface area contributed by atoms with Crippen molar-refractivity contribution in [2.45, 2.75) is 17.2 Å². The standard InChI is InChI=1S/C19H19FN2O3S/c1-21(2)19(23)12-22-11-18(15-8-4-6-10-17(15)22)26(24,25)13-14-7-3-5-9-16(14)20/h3-11H,12-13H2,1-2H3. The minimum atomic E-state index is -3.78. The van der Waals surface area contributed by atoms with Gasteiger partial charge in [-0.1, -0.05) is 36.4 Å². The van der Waals surface area contributed by atoms with E-state index in [0.717, 1.165) is 0 Å². The summed E-state index contributed by atoms with van der Waals surface area (Å²) in [5.74, 6) is -1.14. The third-order valence-electron chi connectivity index (χ3n) is 4.19. The Kier molecular flexibility index (Phi) is 4.82. The van der Waals surface area contributed by atoms with Crippen LogP contribution < -0.4 is 0 Å². The number of fused-ring (bicyclic) bond motifs is 1. The number of nitrogens with zero attached hydrogens (tertiary/aromatic N) is 2. The molecule has 7 heteroatoms. The first kappa shape index (κ1) is 18.1. The Morgan fingerprint density at radius 2 is 1.73 bits per heavy atom. The Morgan fingerprint density at radius 3 is 2.42 bits per heavy atom. The molecule has 0 N–H and O–H groups in total. The van der Waals surface area contributed by atoms with Crippen LogP contribution in [0.4, 0.5) is 4.39 Å². The van der Waals surface area contributed by atoms with Gasteiger partial charge in [0.2, 0.25) is 5.91 Å². The van der Waals surface area contributed by atoms with Gasteiger partial charge < -0.3 is 9.47 Å². The third-order valence-corrected chi connectivity index (χ3v) is 5.88. The topological polar surface area (TPSA) is 59.4 Å². The molecule has 0 aliphatic heterocycles. The lowest BCUT2D eigenvalue weighted by Gasteiger charge is -2.11. The maximum Gasteiger partial charge on any atom is 0.241 e. The third kappa shape index (κ3) is 3.48. The molecule has 3 rings (SSSR count). The lowest BCUT2D eigenvalue weighted by atomic mass is 10.2. The first-order chi connectivity index (χ1) is 12.3. The molecule has 0 aliphatic carbocycles. The Morgan fingerprint density at radius 1 is 1.08 bits per heavy atom. The molecule has 0 aliphatic rings. The van der Waals surface area contributed by atoms with E-state index in [2.05, 4.69) is 0 Å². The van der Waals surface area contributed by atoms with E-state index in [9.17, 15) is 17.6 Å². The molecule has 1 amide bonds. The van der Waals surface area contributed by atoms with Crippen molar-refractivity contribution in [3.63, 3.8) is 0 Å². The molecular formula is C19H19FN2O3S. The Balaban J connectivity index is 2.07. The number of hydrogen-bond acceptors (Lipinski definition) is 3. The van der Waals surface area contributed by atoms with Crippen molar-refractivity contribution in [3.05, 3.63) is 66.1 Å². The summed E-state index contributed by atoms with van der Waals surface area (Å²) in [7, 11) is -0.498. The SMILES string of the molecule is CN(C)C(=O)Cn1cc(S(=O)(=O)Cc2ccccc2F)c2ccccc21. The van der Waals surface area contributed by atoms with Crippen LogP contribution in [0.5, 0.6) is 0 Å². The molecule has 0 spiro atoms. The number of para-hydroxylation sites is 1. The van der Waals surface area contributed by atoms with Gasteiger partial charge in [0.25, 0.3) is 0 Å². The number of carbonyl (C=O) groups is 1. The number of rotatable bonds is 5. The molecule has 1 heterocycles. The summed E-state index contributed by atoms with van der Waals surface area (Å²) in [6.45, 7) is 0.0305. The first-order valence-electron chi connectivity index (χ1n) is 8.04. The highest BCUT2D eigenvalue weighted by Crippen LogP contribution is 2.28. The van der Waals surface area contributed by atoms with E-state index in [1.54, 1.807) is 49.0 Å². The number of likely N-dealkylation sites (N-methyl/N-ethyl adjacent to an activating group) is 1. The Bertz CT molecular complexity index is 1070. The molecule has 0 bridgehead atoms. The highest BCUT2D eigenvalue weighted by molar-refractivity contribution is 7.90. The molecule has 136 valence electrons. The fraction of sp³-hybridized carbons (Fsp3) is 0.211. The zero-order chi connectivity index (χ0) is 18.9. The lowest BCUT2D eigenvalue weighted by Crippen LogP contribution is -2.25. The minimum absolute atomic E-state index is 0.0305. The molecule has 0 atom stereocenters. The van der Waals surface area contributed by atoms with Crippen LogP contribution in [-0.2, 0) is 26.9 Å². The van der Waals surface area contributed by atoms with Crippen molar-refractivity contribution >= 4 is 26.6 Å². The smallest absolute Gasteiger partial charge is 0.241 e. The van der Waals surface area contributed by atoms with Crippen LogP contribution in [0.1, 0.15) is 5.56 Å². The average molecular weight is 374 g/mol. The zero-order valence-electron chi connectivity index (χ0n) is 14.5. The van der Waals surface area contributed by atoms with Gasteiger partial charge in [-0.05, 0) is 12.1 Å². The summed E-state index contributed by atoms with van der Waals surface area (Å²) >= 11 is 0. The van der Waals surface area contributed by atoms with Gasteiger partial charge in [0, 0.05) is 36.8 Å². The van der Waals surface area contributed by atoms with E-state index in [4.69, 9.17) is 0 Å². The highest BCUT2D eigenvalue weighted by Gasteiger charge is 2.23. The minimum Gasteiger partial charge on any atom is -0.347 e. The van der Waals surface area contributed by atoms with E-state index in [1.165, 1.54) is 29.3 Å². The summed E-state index contributed by atoms with van der Waals surface area (Å²) in [5.41, 5.74) is 0.767. The van der Waals surface area contributed by atoms with Gasteiger partial charge in [0.05, 0.1) is 10.6 Å². The number of carbonyl (C=O) groups excluding carboxylic acids is 1. The quantitative estimate of drug-likeness (QED) is 0.690. The van der Waals surface area contributed by atoms with Gasteiger partial charge in [-0.25, -0.2) is 12.8 Å². The van der Waals surface area contributed by atoms with Crippen LogP contribution in [-0.4, -0.2) is 37.9 Å². The summed E-state index contributed by atoms with van der Waals surface area (Å²) in [6.07, 6.45) is 1.46. The average Bonchev–Trinajstić information content (AvgIpc) is 2.96. The molecule has 2 aromatic carbocycles. The van der Waals surface area contributed by atoms with Gasteiger partial charge in [0.15, 0.2) is 9.84 Å². The summed E-state index contributed by atoms with van der Waals surface area (Å²) in [6, 6.07) is 12.8. The maximum absolute atomic E-state index is 13.9. The van der Waals surface area contributed by atoms with Crippen molar-refractivity contribution in [1.82, 2.24) is 9.47 Å². The van der Waals surface area contributed by atoms with Crippen LogP contribution in [0.25, 0.3) is 10.9 Å². The molecule has 0 saturated heterocycles. The van der Waals surface area contributed by atoms with E-state index in [-0.39, 0.29) is 22.9 Å². The zero-order valence-corrected chi connectivity index (χ0v) is 15.3. The van der Waals surface area contributed by atoms with Crippen LogP contribution in [0.15, 0.2) is 59.6 Å². The normalized spacial score (nSPS) is 11.7. The second-order valence-corrected chi connectivity index (χ2v) is 8.24.